The Morgan fingerprint density at radius 2 is 1.80 bits per heavy atom. The zero-order chi connectivity index (χ0) is 28.8. The number of carbonyl (C=O) groups is 2. The van der Waals surface area contributed by atoms with Gasteiger partial charge in [0.2, 0.25) is 0 Å². The van der Waals surface area contributed by atoms with Crippen LogP contribution in [0, 0.1) is 6.92 Å². The summed E-state index contributed by atoms with van der Waals surface area (Å²) in [5, 5.41) is 8.99. The van der Waals surface area contributed by atoms with E-state index in [9.17, 15) is 9.59 Å². The molecule has 0 spiro atoms. The van der Waals surface area contributed by atoms with Crippen LogP contribution >= 0.6 is 0 Å². The van der Waals surface area contributed by atoms with E-state index >= 15 is 0 Å². The van der Waals surface area contributed by atoms with E-state index in [4.69, 9.17) is 4.74 Å². The summed E-state index contributed by atoms with van der Waals surface area (Å²) in [6.07, 6.45) is 6.39. The third-order valence-corrected chi connectivity index (χ3v) is 7.32. The van der Waals surface area contributed by atoms with Crippen LogP contribution < -0.4 is 20.9 Å². The lowest BCUT2D eigenvalue weighted by molar-refractivity contribution is 0.0375. The summed E-state index contributed by atoms with van der Waals surface area (Å²) in [5.74, 6) is -0.173. The Morgan fingerprint density at radius 3 is 2.56 bits per heavy atom. The monoisotopic (exact) mass is 555 g/mol. The molecule has 0 saturated carbocycles. The molecule has 0 bridgehead atoms. The summed E-state index contributed by atoms with van der Waals surface area (Å²) in [5.41, 5.74) is 6.35. The Morgan fingerprint density at radius 1 is 1.02 bits per heavy atom. The number of urea groups is 1. The Balaban J connectivity index is 1.29. The lowest BCUT2D eigenvalue weighted by Crippen LogP contribution is -2.38. The van der Waals surface area contributed by atoms with Gasteiger partial charge in [0.25, 0.3) is 5.91 Å². The fraction of sp³-hybridized carbons (Fsp3) is 0.323. The van der Waals surface area contributed by atoms with Gasteiger partial charge in [0.05, 0.1) is 18.9 Å². The number of morpholine rings is 1. The normalized spacial score (nSPS) is 13.6. The molecular formula is C31H37N7O3. The predicted octanol–water partition coefficient (Wildman–Crippen LogP) is 4.47. The first-order chi connectivity index (χ1) is 19.9. The largest absolute Gasteiger partial charge is 0.379 e. The van der Waals surface area contributed by atoms with Crippen LogP contribution in [0.4, 0.5) is 21.9 Å². The first kappa shape index (κ1) is 28.1. The van der Waals surface area contributed by atoms with Crippen LogP contribution in [0.2, 0.25) is 0 Å². The number of carbonyl (C=O) groups excluding carboxylic acids is 2. The van der Waals surface area contributed by atoms with Crippen molar-refractivity contribution in [1.82, 2.24) is 19.6 Å². The SMILES string of the molecule is Cc1c(NC(=O)c2ccc(N(C)C)cc2)cccc1-c1cc(NC(=O)NCCCN2CCOCC2)c2nccn2c1. The number of benzene rings is 2. The third kappa shape index (κ3) is 6.85. The first-order valence-electron chi connectivity index (χ1n) is 13.9. The molecule has 10 heteroatoms. The quantitative estimate of drug-likeness (QED) is 0.263. The summed E-state index contributed by atoms with van der Waals surface area (Å²) in [6.45, 7) is 6.89. The van der Waals surface area contributed by atoms with Crippen LogP contribution in [0.15, 0.2) is 67.1 Å². The van der Waals surface area contributed by atoms with Crippen LogP contribution in [0.5, 0.6) is 0 Å². The van der Waals surface area contributed by atoms with E-state index in [1.165, 1.54) is 0 Å². The molecule has 0 radical (unpaired) electrons. The Labute approximate surface area is 240 Å². The van der Waals surface area contributed by atoms with Gasteiger partial charge in [-0.2, -0.15) is 0 Å². The minimum absolute atomic E-state index is 0.173. The fourth-order valence-corrected chi connectivity index (χ4v) is 4.96. The summed E-state index contributed by atoms with van der Waals surface area (Å²) < 4.78 is 7.28. The third-order valence-electron chi connectivity index (χ3n) is 7.32. The zero-order valence-electron chi connectivity index (χ0n) is 23.8. The highest BCUT2D eigenvalue weighted by molar-refractivity contribution is 6.05. The first-order valence-corrected chi connectivity index (χ1v) is 13.9. The summed E-state index contributed by atoms with van der Waals surface area (Å²) >= 11 is 0. The molecule has 0 atom stereocenters. The van der Waals surface area contributed by atoms with Crippen molar-refractivity contribution in [3.8, 4) is 11.1 Å². The van der Waals surface area contributed by atoms with Gasteiger partial charge >= 0.3 is 6.03 Å². The standard InChI is InChI=1S/C31H37N7O3/c1-22-26(6-4-7-27(22)34-30(39)23-8-10-25(11-9-23)36(2)3)24-20-28(29-32-13-15-38(29)21-24)35-31(40)33-12-5-14-37-16-18-41-19-17-37/h4,6-11,13,15,20-21H,5,12,14,16-19H2,1-3H3,(H,34,39)(H2,33,35,40). The topological polar surface area (TPSA) is 103 Å². The molecule has 3 heterocycles. The number of aromatic nitrogens is 2. The molecule has 1 saturated heterocycles. The lowest BCUT2D eigenvalue weighted by Gasteiger charge is -2.26. The minimum atomic E-state index is -0.271. The molecule has 0 aliphatic carbocycles. The van der Waals surface area contributed by atoms with Gasteiger partial charge in [-0.15, -0.1) is 0 Å². The number of fused-ring (bicyclic) bond motifs is 1. The average Bonchev–Trinajstić information content (AvgIpc) is 3.46. The molecule has 2 aromatic carbocycles. The van der Waals surface area contributed by atoms with Crippen LogP contribution in [-0.4, -0.2) is 79.7 Å². The number of rotatable bonds is 9. The van der Waals surface area contributed by atoms with Crippen molar-refractivity contribution in [1.29, 1.82) is 0 Å². The summed E-state index contributed by atoms with van der Waals surface area (Å²) in [6, 6.07) is 15.0. The molecule has 5 rings (SSSR count). The van der Waals surface area contributed by atoms with E-state index in [1.807, 2.05) is 91.2 Å². The fourth-order valence-electron chi connectivity index (χ4n) is 4.96. The van der Waals surface area contributed by atoms with E-state index in [0.29, 0.717) is 23.4 Å². The van der Waals surface area contributed by atoms with Gasteiger partial charge in [-0.25, -0.2) is 9.78 Å². The number of hydrogen-bond acceptors (Lipinski definition) is 6. The molecule has 2 aromatic heterocycles. The van der Waals surface area contributed by atoms with Crippen molar-refractivity contribution in [3.05, 3.63) is 78.2 Å². The van der Waals surface area contributed by atoms with Crippen molar-refractivity contribution in [2.45, 2.75) is 13.3 Å². The van der Waals surface area contributed by atoms with Crippen LogP contribution in [0.1, 0.15) is 22.3 Å². The predicted molar refractivity (Wildman–Crippen MR) is 163 cm³/mol. The second-order valence-electron chi connectivity index (χ2n) is 10.4. The van der Waals surface area contributed by atoms with Gasteiger partial charge in [-0.05, 0) is 67.4 Å². The smallest absolute Gasteiger partial charge is 0.319 e. The molecule has 1 aliphatic rings. The zero-order valence-corrected chi connectivity index (χ0v) is 23.8. The average molecular weight is 556 g/mol. The van der Waals surface area contributed by atoms with Gasteiger partial charge in [0, 0.05) is 74.8 Å². The summed E-state index contributed by atoms with van der Waals surface area (Å²) in [7, 11) is 3.93. The van der Waals surface area contributed by atoms with E-state index in [1.54, 1.807) is 6.20 Å². The van der Waals surface area contributed by atoms with E-state index < -0.39 is 0 Å². The van der Waals surface area contributed by atoms with Gasteiger partial charge < -0.3 is 30.0 Å². The number of amides is 3. The molecule has 0 unspecified atom stereocenters. The maximum absolute atomic E-state index is 13.0. The second kappa shape index (κ2) is 12.8. The van der Waals surface area contributed by atoms with Gasteiger partial charge in [-0.3, -0.25) is 9.69 Å². The maximum Gasteiger partial charge on any atom is 0.319 e. The Bertz CT molecular complexity index is 1510. The van der Waals surface area contributed by atoms with Crippen molar-refractivity contribution in [2.75, 3.05) is 69.0 Å². The van der Waals surface area contributed by atoms with Crippen LogP contribution in [0.25, 0.3) is 16.8 Å². The Hall–Kier alpha value is -4.41. The van der Waals surface area contributed by atoms with E-state index in [0.717, 1.165) is 67.3 Å². The number of imidazole rings is 1. The summed E-state index contributed by atoms with van der Waals surface area (Å²) in [4.78, 5) is 34.6. The molecule has 10 nitrogen and oxygen atoms in total. The van der Waals surface area contributed by atoms with Crippen molar-refractivity contribution in [3.63, 3.8) is 0 Å². The van der Waals surface area contributed by atoms with Gasteiger partial charge in [-0.1, -0.05) is 12.1 Å². The number of pyridine rings is 1. The van der Waals surface area contributed by atoms with E-state index in [-0.39, 0.29) is 11.9 Å². The van der Waals surface area contributed by atoms with Crippen LogP contribution in [0.3, 0.4) is 0 Å². The number of anilines is 3. The number of hydrogen-bond donors (Lipinski definition) is 3. The number of ether oxygens (including phenoxy) is 1. The Kier molecular flexibility index (Phi) is 8.81. The molecule has 1 aliphatic heterocycles. The lowest BCUT2D eigenvalue weighted by atomic mass is 10.00. The molecule has 3 amide bonds. The highest BCUT2D eigenvalue weighted by Crippen LogP contribution is 2.32. The molecule has 214 valence electrons. The minimum Gasteiger partial charge on any atom is -0.379 e. The van der Waals surface area contributed by atoms with Gasteiger partial charge in [0.15, 0.2) is 5.65 Å². The van der Waals surface area contributed by atoms with Crippen molar-refractivity contribution >= 4 is 34.6 Å². The second-order valence-corrected chi connectivity index (χ2v) is 10.4. The van der Waals surface area contributed by atoms with Crippen LogP contribution in [-0.2, 0) is 4.74 Å². The molecule has 4 aromatic rings. The highest BCUT2D eigenvalue weighted by Gasteiger charge is 2.15. The van der Waals surface area contributed by atoms with Crippen molar-refractivity contribution < 1.29 is 14.3 Å². The molecule has 41 heavy (non-hydrogen) atoms. The molecular weight excluding hydrogens is 518 g/mol. The van der Waals surface area contributed by atoms with E-state index in [2.05, 4.69) is 25.8 Å². The van der Waals surface area contributed by atoms with Gasteiger partial charge in [0.1, 0.15) is 0 Å². The van der Waals surface area contributed by atoms with Crippen molar-refractivity contribution in [2.24, 2.45) is 0 Å². The number of nitrogens with one attached hydrogen (secondary N) is 3. The number of nitrogens with zero attached hydrogens (tertiary/aromatic N) is 4. The molecule has 1 fully saturated rings. The highest BCUT2D eigenvalue weighted by atomic mass is 16.5. The maximum atomic E-state index is 13.0. The molecule has 3 N–H and O–H groups in total.